The predicted molar refractivity (Wildman–Crippen MR) is 119 cm³/mol. The summed E-state index contributed by atoms with van der Waals surface area (Å²) in [6.45, 7) is 2.82. The Hall–Kier alpha value is -3.00. The maximum Gasteiger partial charge on any atom is 0.225 e. The predicted octanol–water partition coefficient (Wildman–Crippen LogP) is 3.78. The summed E-state index contributed by atoms with van der Waals surface area (Å²) in [6.07, 6.45) is 4.32. The van der Waals surface area contributed by atoms with Crippen LogP contribution in [-0.2, 0) is 27.6 Å². The van der Waals surface area contributed by atoms with Gasteiger partial charge in [-0.15, -0.1) is 10.2 Å². The Kier molecular flexibility index (Phi) is 6.18. The van der Waals surface area contributed by atoms with Crippen LogP contribution >= 0.6 is 0 Å². The molecule has 2 aromatic carbocycles. The van der Waals surface area contributed by atoms with Gasteiger partial charge in [-0.05, 0) is 56.2 Å². The Labute approximate surface area is 182 Å². The molecule has 162 valence electrons. The van der Waals surface area contributed by atoms with E-state index < -0.39 is 9.84 Å². The first-order chi connectivity index (χ1) is 14.9. The van der Waals surface area contributed by atoms with Crippen molar-refractivity contribution >= 4 is 21.4 Å². The summed E-state index contributed by atoms with van der Waals surface area (Å²) in [7, 11) is -3.49. The molecular weight excluding hydrogens is 412 g/mol. The number of aryl methyl sites for hydroxylation is 2. The lowest BCUT2D eigenvalue weighted by Crippen LogP contribution is -2.17. The number of amides is 1. The number of hydrogen-bond donors (Lipinski definition) is 1. The molecule has 31 heavy (non-hydrogen) atoms. The fraction of sp³-hybridized carbons (Fsp3) is 0.348. The Morgan fingerprint density at radius 3 is 2.48 bits per heavy atom. The van der Waals surface area contributed by atoms with Crippen molar-refractivity contribution in [1.82, 2.24) is 14.8 Å². The number of sulfone groups is 1. The second-order valence-corrected chi connectivity index (χ2v) is 10.0. The van der Waals surface area contributed by atoms with E-state index in [1.165, 1.54) is 6.42 Å². The van der Waals surface area contributed by atoms with Gasteiger partial charge in [0.2, 0.25) is 5.91 Å². The topological polar surface area (TPSA) is 93.9 Å². The van der Waals surface area contributed by atoms with Crippen LogP contribution in [0.25, 0.3) is 11.4 Å². The number of nitrogens with zero attached hydrogens (tertiary/aromatic N) is 3. The normalized spacial score (nSPS) is 14.0. The van der Waals surface area contributed by atoms with Crippen molar-refractivity contribution in [2.24, 2.45) is 0 Å². The first-order valence-corrected chi connectivity index (χ1v) is 12.2. The first-order valence-electron chi connectivity index (χ1n) is 10.5. The van der Waals surface area contributed by atoms with Crippen molar-refractivity contribution in [3.63, 3.8) is 0 Å². The molecule has 1 aliphatic rings. The van der Waals surface area contributed by atoms with E-state index in [9.17, 15) is 13.2 Å². The minimum absolute atomic E-state index is 0.102. The van der Waals surface area contributed by atoms with Gasteiger partial charge in [-0.2, -0.15) is 0 Å². The van der Waals surface area contributed by atoms with Crippen molar-refractivity contribution in [2.75, 3.05) is 11.1 Å². The lowest BCUT2D eigenvalue weighted by molar-refractivity contribution is -0.115. The lowest BCUT2D eigenvalue weighted by Gasteiger charge is -2.09. The second-order valence-electron chi connectivity index (χ2n) is 7.91. The Balaban J connectivity index is 1.37. The highest BCUT2D eigenvalue weighted by atomic mass is 32.2. The lowest BCUT2D eigenvalue weighted by atomic mass is 10.2. The standard InChI is InChI=1S/C23H26N4O3S/c1-17-6-12-20(13-7-17)31(29,30)16-14-22(28)24-19-10-8-18(9-11-19)23-26-25-21-5-3-2-4-15-27(21)23/h6-13H,2-5,14-16H2,1H3,(H,24,28). The molecule has 0 bridgehead atoms. The number of fused-ring (bicyclic) bond motifs is 1. The van der Waals surface area contributed by atoms with E-state index in [-0.39, 0.29) is 23.0 Å². The third-order valence-electron chi connectivity index (χ3n) is 5.51. The number of hydrogen-bond acceptors (Lipinski definition) is 5. The Morgan fingerprint density at radius 2 is 1.74 bits per heavy atom. The molecule has 1 amide bonds. The number of nitrogens with one attached hydrogen (secondary N) is 1. The summed E-state index contributed by atoms with van der Waals surface area (Å²) in [5.74, 6) is 1.31. The largest absolute Gasteiger partial charge is 0.326 e. The van der Waals surface area contributed by atoms with E-state index in [1.54, 1.807) is 36.4 Å². The molecule has 0 saturated carbocycles. The van der Waals surface area contributed by atoms with E-state index in [4.69, 9.17) is 0 Å². The fourth-order valence-corrected chi connectivity index (χ4v) is 4.96. The Bertz CT molecular complexity index is 1170. The molecule has 0 aliphatic carbocycles. The highest BCUT2D eigenvalue weighted by Gasteiger charge is 2.18. The summed E-state index contributed by atoms with van der Waals surface area (Å²) in [5.41, 5.74) is 2.56. The molecular formula is C23H26N4O3S. The quantitative estimate of drug-likeness (QED) is 0.632. The zero-order chi connectivity index (χ0) is 21.8. The zero-order valence-corrected chi connectivity index (χ0v) is 18.4. The molecule has 1 aliphatic heterocycles. The molecule has 3 aromatic rings. The van der Waals surface area contributed by atoms with E-state index in [0.29, 0.717) is 5.69 Å². The molecule has 7 nitrogen and oxygen atoms in total. The van der Waals surface area contributed by atoms with Gasteiger partial charge < -0.3 is 9.88 Å². The van der Waals surface area contributed by atoms with Crippen molar-refractivity contribution in [2.45, 2.75) is 50.5 Å². The molecule has 8 heteroatoms. The van der Waals surface area contributed by atoms with Gasteiger partial charge in [-0.25, -0.2) is 8.42 Å². The van der Waals surface area contributed by atoms with E-state index in [2.05, 4.69) is 20.1 Å². The van der Waals surface area contributed by atoms with Crippen molar-refractivity contribution in [1.29, 1.82) is 0 Å². The third-order valence-corrected chi connectivity index (χ3v) is 7.25. The maximum atomic E-state index is 12.4. The summed E-state index contributed by atoms with van der Waals surface area (Å²) < 4.78 is 27.0. The molecule has 1 N–H and O–H groups in total. The second kappa shape index (κ2) is 9.01. The van der Waals surface area contributed by atoms with Crippen LogP contribution in [0.3, 0.4) is 0 Å². The molecule has 0 unspecified atom stereocenters. The highest BCUT2D eigenvalue weighted by Crippen LogP contribution is 2.24. The minimum Gasteiger partial charge on any atom is -0.326 e. The maximum absolute atomic E-state index is 12.4. The summed E-state index contributed by atoms with van der Waals surface area (Å²) >= 11 is 0. The van der Waals surface area contributed by atoms with E-state index in [0.717, 1.165) is 48.6 Å². The molecule has 2 heterocycles. The summed E-state index contributed by atoms with van der Waals surface area (Å²) in [5, 5.41) is 11.5. The molecule has 4 rings (SSSR count). The smallest absolute Gasteiger partial charge is 0.225 e. The monoisotopic (exact) mass is 438 g/mol. The van der Waals surface area contributed by atoms with Gasteiger partial charge in [0.25, 0.3) is 0 Å². The van der Waals surface area contributed by atoms with Crippen LogP contribution in [0.2, 0.25) is 0 Å². The van der Waals surface area contributed by atoms with Crippen LogP contribution in [0.15, 0.2) is 53.4 Å². The van der Waals surface area contributed by atoms with Crippen LogP contribution in [-0.4, -0.2) is 34.8 Å². The van der Waals surface area contributed by atoms with Crippen LogP contribution < -0.4 is 5.32 Å². The van der Waals surface area contributed by atoms with Crippen molar-refractivity contribution in [3.8, 4) is 11.4 Å². The average Bonchev–Trinajstić information content (AvgIpc) is 3.01. The molecule has 0 radical (unpaired) electrons. The van der Waals surface area contributed by atoms with E-state index in [1.807, 2.05) is 19.1 Å². The number of anilines is 1. The number of carbonyl (C=O) groups is 1. The Morgan fingerprint density at radius 1 is 1.00 bits per heavy atom. The third kappa shape index (κ3) is 5.02. The zero-order valence-electron chi connectivity index (χ0n) is 17.5. The van der Waals surface area contributed by atoms with Gasteiger partial charge >= 0.3 is 0 Å². The number of carbonyl (C=O) groups excluding carboxylic acids is 1. The number of rotatable bonds is 6. The molecule has 0 atom stereocenters. The minimum atomic E-state index is -3.49. The summed E-state index contributed by atoms with van der Waals surface area (Å²) in [6, 6.07) is 14.1. The van der Waals surface area contributed by atoms with E-state index >= 15 is 0 Å². The van der Waals surface area contributed by atoms with Gasteiger partial charge in [-0.3, -0.25) is 4.79 Å². The van der Waals surface area contributed by atoms with Gasteiger partial charge in [0.05, 0.1) is 10.6 Å². The number of benzene rings is 2. The average molecular weight is 439 g/mol. The SMILES string of the molecule is Cc1ccc(S(=O)(=O)CCC(=O)Nc2ccc(-c3nnc4n3CCCCC4)cc2)cc1. The van der Waals surface area contributed by atoms with Crippen molar-refractivity contribution in [3.05, 3.63) is 59.9 Å². The number of aromatic nitrogens is 3. The van der Waals surface area contributed by atoms with Crippen molar-refractivity contribution < 1.29 is 13.2 Å². The highest BCUT2D eigenvalue weighted by molar-refractivity contribution is 7.91. The van der Waals surface area contributed by atoms with Gasteiger partial charge in [0, 0.05) is 30.6 Å². The van der Waals surface area contributed by atoms with Gasteiger partial charge in [0.15, 0.2) is 15.7 Å². The van der Waals surface area contributed by atoms with Crippen LogP contribution in [0.1, 0.15) is 37.1 Å². The summed E-state index contributed by atoms with van der Waals surface area (Å²) in [4.78, 5) is 12.5. The van der Waals surface area contributed by atoms with Crippen LogP contribution in [0, 0.1) is 6.92 Å². The van der Waals surface area contributed by atoms with Crippen LogP contribution in [0.4, 0.5) is 5.69 Å². The molecule has 1 aromatic heterocycles. The first kappa shape index (κ1) is 21.2. The van der Waals surface area contributed by atoms with Crippen LogP contribution in [0.5, 0.6) is 0 Å². The fourth-order valence-electron chi connectivity index (χ4n) is 3.72. The van der Waals surface area contributed by atoms with Gasteiger partial charge in [0.1, 0.15) is 5.82 Å². The van der Waals surface area contributed by atoms with Gasteiger partial charge in [-0.1, -0.05) is 24.1 Å². The molecule has 0 fully saturated rings. The molecule has 0 spiro atoms. The molecule has 0 saturated heterocycles.